The number of fused-ring (bicyclic) bond motifs is 1. The van der Waals surface area contributed by atoms with Crippen LogP contribution in [0.1, 0.15) is 40.9 Å². The normalized spacial score (nSPS) is 21.1. The molecule has 0 radical (unpaired) electrons. The Hall–Kier alpha value is -1.52. The van der Waals surface area contributed by atoms with E-state index in [4.69, 9.17) is 9.47 Å². The van der Waals surface area contributed by atoms with Crippen molar-refractivity contribution in [3.05, 3.63) is 45.6 Å². The van der Waals surface area contributed by atoms with Crippen molar-refractivity contribution in [2.75, 3.05) is 7.11 Å². The zero-order valence-electron chi connectivity index (χ0n) is 11.6. The van der Waals surface area contributed by atoms with Crippen LogP contribution < -0.4 is 9.47 Å². The molecule has 1 aromatic heterocycles. The molecule has 2 aromatic rings. The summed E-state index contributed by atoms with van der Waals surface area (Å²) < 4.78 is 11.3. The molecule has 2 heterocycles. The van der Waals surface area contributed by atoms with Crippen LogP contribution >= 0.6 is 11.3 Å². The van der Waals surface area contributed by atoms with E-state index in [-0.39, 0.29) is 6.10 Å². The lowest BCUT2D eigenvalue weighted by Gasteiger charge is -2.29. The average molecular weight is 290 g/mol. The molecular formula is C16H18O3S. The number of ether oxygens (including phenoxy) is 2. The minimum atomic E-state index is -0.484. The first-order chi connectivity index (χ1) is 9.71. The number of hydrogen-bond acceptors (Lipinski definition) is 4. The van der Waals surface area contributed by atoms with Gasteiger partial charge < -0.3 is 14.6 Å². The number of hydrogen-bond donors (Lipinski definition) is 1. The molecule has 0 saturated heterocycles. The van der Waals surface area contributed by atoms with Crippen LogP contribution in [0.3, 0.4) is 0 Å². The van der Waals surface area contributed by atoms with Gasteiger partial charge in [0.05, 0.1) is 13.2 Å². The van der Waals surface area contributed by atoms with Crippen LogP contribution in [0, 0.1) is 0 Å². The molecule has 4 heteroatoms. The summed E-state index contributed by atoms with van der Waals surface area (Å²) in [6.45, 7) is 2.15. The first-order valence-corrected chi connectivity index (χ1v) is 7.64. The van der Waals surface area contributed by atoms with Crippen molar-refractivity contribution in [3.63, 3.8) is 0 Å². The van der Waals surface area contributed by atoms with Crippen LogP contribution in [0.4, 0.5) is 0 Å². The number of aryl methyl sites for hydroxylation is 1. The van der Waals surface area contributed by atoms with E-state index in [2.05, 4.69) is 19.1 Å². The van der Waals surface area contributed by atoms with E-state index in [0.29, 0.717) is 6.42 Å². The van der Waals surface area contributed by atoms with Crippen LogP contribution in [0.2, 0.25) is 0 Å². The van der Waals surface area contributed by atoms with Crippen LogP contribution in [-0.4, -0.2) is 12.2 Å². The highest BCUT2D eigenvalue weighted by Gasteiger charge is 2.29. The van der Waals surface area contributed by atoms with Crippen LogP contribution in [-0.2, 0) is 6.42 Å². The monoisotopic (exact) mass is 290 g/mol. The largest absolute Gasteiger partial charge is 0.497 e. The maximum atomic E-state index is 10.3. The van der Waals surface area contributed by atoms with Gasteiger partial charge in [-0.25, -0.2) is 0 Å². The molecule has 0 spiro atoms. The quantitative estimate of drug-likeness (QED) is 0.932. The maximum absolute atomic E-state index is 10.3. The molecule has 3 rings (SSSR count). The molecule has 2 unspecified atom stereocenters. The fourth-order valence-electron chi connectivity index (χ4n) is 2.48. The molecule has 20 heavy (non-hydrogen) atoms. The van der Waals surface area contributed by atoms with Crippen LogP contribution in [0.5, 0.6) is 11.5 Å². The second-order valence-corrected chi connectivity index (χ2v) is 6.12. The van der Waals surface area contributed by atoms with Gasteiger partial charge in [-0.1, -0.05) is 6.92 Å². The van der Waals surface area contributed by atoms with Gasteiger partial charge in [-0.15, -0.1) is 11.3 Å². The minimum Gasteiger partial charge on any atom is -0.497 e. The summed E-state index contributed by atoms with van der Waals surface area (Å²) in [5, 5.41) is 10.3. The first-order valence-electron chi connectivity index (χ1n) is 6.82. The molecular weight excluding hydrogens is 272 g/mol. The first kappa shape index (κ1) is 13.5. The third kappa shape index (κ3) is 2.41. The van der Waals surface area contributed by atoms with Crippen molar-refractivity contribution in [3.8, 4) is 11.5 Å². The SMILES string of the molecule is CCc1ccc(C2CC(O)c3ccc(OC)cc3O2)s1. The predicted octanol–water partition coefficient (Wildman–Crippen LogP) is 3.88. The molecule has 1 aliphatic heterocycles. The van der Waals surface area contributed by atoms with Crippen molar-refractivity contribution in [2.45, 2.75) is 32.0 Å². The van der Waals surface area contributed by atoms with E-state index < -0.39 is 6.10 Å². The van der Waals surface area contributed by atoms with Gasteiger partial charge in [-0.05, 0) is 30.7 Å². The number of aliphatic hydroxyl groups excluding tert-OH is 1. The van der Waals surface area contributed by atoms with E-state index in [1.807, 2.05) is 18.2 Å². The fraction of sp³-hybridized carbons (Fsp3) is 0.375. The molecule has 1 N–H and O–H groups in total. The third-order valence-corrected chi connectivity index (χ3v) is 4.96. The van der Waals surface area contributed by atoms with Crippen molar-refractivity contribution in [2.24, 2.45) is 0 Å². The summed E-state index contributed by atoms with van der Waals surface area (Å²) in [6, 6.07) is 9.81. The Morgan fingerprint density at radius 2 is 2.20 bits per heavy atom. The summed E-state index contributed by atoms with van der Waals surface area (Å²) in [7, 11) is 1.63. The van der Waals surface area contributed by atoms with Gasteiger partial charge in [0, 0.05) is 27.8 Å². The third-order valence-electron chi connectivity index (χ3n) is 3.63. The fourth-order valence-corrected chi connectivity index (χ4v) is 3.48. The van der Waals surface area contributed by atoms with E-state index >= 15 is 0 Å². The number of benzene rings is 1. The molecule has 0 bridgehead atoms. The Balaban J connectivity index is 1.90. The lowest BCUT2D eigenvalue weighted by molar-refractivity contribution is 0.0672. The molecule has 1 aromatic carbocycles. The lowest BCUT2D eigenvalue weighted by Crippen LogP contribution is -2.18. The van der Waals surface area contributed by atoms with E-state index in [1.165, 1.54) is 9.75 Å². The zero-order valence-corrected chi connectivity index (χ0v) is 12.4. The molecule has 0 aliphatic carbocycles. The van der Waals surface area contributed by atoms with Crippen molar-refractivity contribution in [1.82, 2.24) is 0 Å². The number of methoxy groups -OCH3 is 1. The highest BCUT2D eigenvalue weighted by Crippen LogP contribution is 2.43. The molecule has 3 nitrogen and oxygen atoms in total. The number of aliphatic hydroxyl groups is 1. The Labute approximate surface area is 122 Å². The molecule has 1 aliphatic rings. The van der Waals surface area contributed by atoms with Crippen LogP contribution in [0.15, 0.2) is 30.3 Å². The van der Waals surface area contributed by atoms with E-state index in [0.717, 1.165) is 23.5 Å². The second-order valence-electron chi connectivity index (χ2n) is 4.92. The Kier molecular flexibility index (Phi) is 3.68. The maximum Gasteiger partial charge on any atom is 0.136 e. The van der Waals surface area contributed by atoms with E-state index in [1.54, 1.807) is 18.4 Å². The molecule has 0 saturated carbocycles. The second kappa shape index (κ2) is 5.46. The average Bonchev–Trinajstić information content (AvgIpc) is 2.95. The van der Waals surface area contributed by atoms with Gasteiger partial charge in [-0.2, -0.15) is 0 Å². The zero-order chi connectivity index (χ0) is 14.1. The standard InChI is InChI=1S/C16H18O3S/c1-3-11-5-7-16(20-11)15-9-13(17)12-6-4-10(18-2)8-14(12)19-15/h4-8,13,15,17H,3,9H2,1-2H3. The topological polar surface area (TPSA) is 38.7 Å². The van der Waals surface area contributed by atoms with Gasteiger partial charge in [0.15, 0.2) is 0 Å². The molecule has 106 valence electrons. The molecule has 0 amide bonds. The summed E-state index contributed by atoms with van der Waals surface area (Å²) in [4.78, 5) is 2.52. The highest BCUT2D eigenvalue weighted by molar-refractivity contribution is 7.12. The smallest absolute Gasteiger partial charge is 0.136 e. The molecule has 2 atom stereocenters. The lowest BCUT2D eigenvalue weighted by atomic mass is 9.98. The summed E-state index contributed by atoms with van der Waals surface area (Å²) in [6.07, 6.45) is 1.07. The van der Waals surface area contributed by atoms with Gasteiger partial charge in [0.25, 0.3) is 0 Å². The highest BCUT2D eigenvalue weighted by atomic mass is 32.1. The Morgan fingerprint density at radius 3 is 2.90 bits per heavy atom. The molecule has 0 fully saturated rings. The minimum absolute atomic E-state index is 0.0742. The summed E-state index contributed by atoms with van der Waals surface area (Å²) >= 11 is 1.76. The summed E-state index contributed by atoms with van der Waals surface area (Å²) in [5.74, 6) is 1.47. The Morgan fingerprint density at radius 1 is 1.35 bits per heavy atom. The Bertz CT molecular complexity index is 606. The van der Waals surface area contributed by atoms with Crippen molar-refractivity contribution in [1.29, 1.82) is 0 Å². The van der Waals surface area contributed by atoms with Gasteiger partial charge >= 0.3 is 0 Å². The van der Waals surface area contributed by atoms with Gasteiger partial charge in [0.1, 0.15) is 17.6 Å². The van der Waals surface area contributed by atoms with Crippen molar-refractivity contribution < 1.29 is 14.6 Å². The van der Waals surface area contributed by atoms with Gasteiger partial charge in [-0.3, -0.25) is 0 Å². The van der Waals surface area contributed by atoms with Crippen LogP contribution in [0.25, 0.3) is 0 Å². The van der Waals surface area contributed by atoms with E-state index in [9.17, 15) is 5.11 Å². The van der Waals surface area contributed by atoms with Gasteiger partial charge in [0.2, 0.25) is 0 Å². The number of rotatable bonds is 3. The predicted molar refractivity (Wildman–Crippen MR) is 79.6 cm³/mol. The van der Waals surface area contributed by atoms with Crippen molar-refractivity contribution >= 4 is 11.3 Å². The summed E-state index contributed by atoms with van der Waals surface area (Å²) in [5.41, 5.74) is 0.842. The number of thiophene rings is 1.